The Labute approximate surface area is 150 Å². The van der Waals surface area contributed by atoms with Gasteiger partial charge >= 0.3 is 0 Å². The first kappa shape index (κ1) is 16.1. The number of aromatic nitrogens is 4. The lowest BCUT2D eigenvalue weighted by Gasteiger charge is -2.26. The molecule has 25 heavy (non-hydrogen) atoms. The van der Waals surface area contributed by atoms with Crippen LogP contribution >= 0.6 is 11.8 Å². The predicted molar refractivity (Wildman–Crippen MR) is 97.4 cm³/mol. The lowest BCUT2D eigenvalue weighted by molar-refractivity contribution is -0.129. The standard InChI is InChI=1S/C18H19N5OS/c24-17(22-11-5-2-6-12-22)13-25-18-20-19-16-10-9-15(21-23(16)18)14-7-3-1-4-8-14/h1,3-4,7-10H,2,5-6,11-13H2. The first-order valence-corrected chi connectivity index (χ1v) is 9.48. The molecule has 1 aliphatic rings. The molecular formula is C18H19N5OS. The van der Waals surface area contributed by atoms with Crippen LogP contribution in [-0.4, -0.2) is 49.5 Å². The van der Waals surface area contributed by atoms with E-state index in [2.05, 4.69) is 15.3 Å². The van der Waals surface area contributed by atoms with E-state index in [0.717, 1.165) is 37.2 Å². The number of carbonyl (C=O) groups excluding carboxylic acids is 1. The van der Waals surface area contributed by atoms with Crippen molar-refractivity contribution in [2.75, 3.05) is 18.8 Å². The molecule has 0 radical (unpaired) electrons. The number of benzene rings is 1. The van der Waals surface area contributed by atoms with Gasteiger partial charge in [0.05, 0.1) is 11.4 Å². The first-order valence-electron chi connectivity index (χ1n) is 8.50. The molecule has 0 spiro atoms. The highest BCUT2D eigenvalue weighted by Crippen LogP contribution is 2.21. The van der Waals surface area contributed by atoms with Gasteiger partial charge < -0.3 is 4.90 Å². The molecule has 7 heteroatoms. The Hall–Kier alpha value is -2.41. The molecule has 2 aromatic heterocycles. The van der Waals surface area contributed by atoms with Gasteiger partial charge in [-0.25, -0.2) is 0 Å². The fourth-order valence-electron chi connectivity index (χ4n) is 2.98. The summed E-state index contributed by atoms with van der Waals surface area (Å²) in [6.45, 7) is 1.74. The van der Waals surface area contributed by atoms with E-state index in [-0.39, 0.29) is 5.91 Å². The van der Waals surface area contributed by atoms with Crippen molar-refractivity contribution in [1.82, 2.24) is 24.7 Å². The van der Waals surface area contributed by atoms with Gasteiger partial charge in [-0.15, -0.1) is 10.2 Å². The highest BCUT2D eigenvalue weighted by Gasteiger charge is 2.18. The fourth-order valence-corrected chi connectivity index (χ4v) is 3.77. The summed E-state index contributed by atoms with van der Waals surface area (Å²) in [6.07, 6.45) is 3.43. The number of nitrogens with zero attached hydrogens (tertiary/aromatic N) is 5. The van der Waals surface area contributed by atoms with Crippen molar-refractivity contribution in [1.29, 1.82) is 0 Å². The quantitative estimate of drug-likeness (QED) is 0.675. The van der Waals surface area contributed by atoms with Gasteiger partial charge in [-0.05, 0) is 31.4 Å². The molecule has 1 aliphatic heterocycles. The summed E-state index contributed by atoms with van der Waals surface area (Å²) >= 11 is 1.40. The van der Waals surface area contributed by atoms with E-state index in [9.17, 15) is 4.79 Å². The van der Waals surface area contributed by atoms with E-state index in [1.54, 1.807) is 4.52 Å². The SMILES string of the molecule is O=C(CSc1nnc2ccc(-c3ccccc3)nn12)N1CCCCC1. The molecule has 0 bridgehead atoms. The van der Waals surface area contributed by atoms with Crippen LogP contribution < -0.4 is 0 Å². The molecule has 1 amide bonds. The monoisotopic (exact) mass is 353 g/mol. The van der Waals surface area contributed by atoms with Crippen molar-refractivity contribution < 1.29 is 4.79 Å². The van der Waals surface area contributed by atoms with E-state index in [4.69, 9.17) is 0 Å². The maximum Gasteiger partial charge on any atom is 0.233 e. The molecule has 6 nitrogen and oxygen atoms in total. The minimum Gasteiger partial charge on any atom is -0.342 e. The van der Waals surface area contributed by atoms with Gasteiger partial charge in [0.1, 0.15) is 0 Å². The van der Waals surface area contributed by atoms with Crippen molar-refractivity contribution in [3.8, 4) is 11.3 Å². The second-order valence-corrected chi connectivity index (χ2v) is 7.01. The largest absolute Gasteiger partial charge is 0.342 e. The Bertz CT molecular complexity index is 874. The highest BCUT2D eigenvalue weighted by atomic mass is 32.2. The van der Waals surface area contributed by atoms with Crippen molar-refractivity contribution in [3.05, 3.63) is 42.5 Å². The minimum absolute atomic E-state index is 0.167. The summed E-state index contributed by atoms with van der Waals surface area (Å²) < 4.78 is 1.72. The summed E-state index contributed by atoms with van der Waals surface area (Å²) in [6, 6.07) is 13.8. The zero-order valence-electron chi connectivity index (χ0n) is 13.8. The van der Waals surface area contributed by atoms with Crippen molar-refractivity contribution in [2.24, 2.45) is 0 Å². The number of fused-ring (bicyclic) bond motifs is 1. The third kappa shape index (κ3) is 3.51. The predicted octanol–water partition coefficient (Wildman–Crippen LogP) is 2.90. The Kier molecular flexibility index (Phi) is 4.65. The summed E-state index contributed by atoms with van der Waals surface area (Å²) in [5, 5.41) is 13.6. The Balaban J connectivity index is 1.52. The first-order chi connectivity index (χ1) is 12.3. The van der Waals surface area contributed by atoms with Gasteiger partial charge in [-0.3, -0.25) is 4.79 Å². The molecule has 1 saturated heterocycles. The van der Waals surface area contributed by atoms with Crippen LogP contribution in [0.1, 0.15) is 19.3 Å². The number of piperidine rings is 1. The molecule has 1 fully saturated rings. The average Bonchev–Trinajstić information content (AvgIpc) is 3.10. The second kappa shape index (κ2) is 7.23. The Morgan fingerprint density at radius 2 is 1.80 bits per heavy atom. The van der Waals surface area contributed by atoms with Gasteiger partial charge in [0, 0.05) is 18.7 Å². The molecule has 1 aromatic carbocycles. The van der Waals surface area contributed by atoms with Crippen LogP contribution in [0, 0.1) is 0 Å². The minimum atomic E-state index is 0.167. The van der Waals surface area contributed by atoms with Crippen LogP contribution in [-0.2, 0) is 4.79 Å². The molecule has 4 rings (SSSR count). The third-order valence-corrected chi connectivity index (χ3v) is 5.24. The van der Waals surface area contributed by atoms with Gasteiger partial charge in [-0.1, -0.05) is 42.1 Å². The van der Waals surface area contributed by atoms with Gasteiger partial charge in [0.2, 0.25) is 11.1 Å². The molecule has 0 N–H and O–H groups in total. The molecule has 0 aliphatic carbocycles. The van der Waals surface area contributed by atoms with E-state index >= 15 is 0 Å². The van der Waals surface area contributed by atoms with Crippen LogP contribution in [0.5, 0.6) is 0 Å². The van der Waals surface area contributed by atoms with E-state index in [0.29, 0.717) is 16.6 Å². The van der Waals surface area contributed by atoms with Crippen molar-refractivity contribution in [3.63, 3.8) is 0 Å². The van der Waals surface area contributed by atoms with Crippen LogP contribution in [0.2, 0.25) is 0 Å². The number of thioether (sulfide) groups is 1. The number of rotatable bonds is 4. The van der Waals surface area contributed by atoms with E-state index < -0.39 is 0 Å². The lowest BCUT2D eigenvalue weighted by Crippen LogP contribution is -2.36. The number of likely N-dealkylation sites (tertiary alicyclic amines) is 1. The Morgan fingerprint density at radius 1 is 1.00 bits per heavy atom. The molecule has 0 saturated carbocycles. The zero-order valence-corrected chi connectivity index (χ0v) is 14.7. The summed E-state index contributed by atoms with van der Waals surface area (Å²) in [7, 11) is 0. The number of carbonyl (C=O) groups is 1. The summed E-state index contributed by atoms with van der Waals surface area (Å²) in [5.74, 6) is 0.540. The smallest absolute Gasteiger partial charge is 0.233 e. The molecule has 0 unspecified atom stereocenters. The number of hydrogen-bond donors (Lipinski definition) is 0. The molecule has 3 aromatic rings. The fraction of sp³-hybridized carbons (Fsp3) is 0.333. The van der Waals surface area contributed by atoms with Crippen LogP contribution in [0.25, 0.3) is 16.9 Å². The van der Waals surface area contributed by atoms with Crippen molar-refractivity contribution in [2.45, 2.75) is 24.4 Å². The summed E-state index contributed by atoms with van der Waals surface area (Å²) in [4.78, 5) is 14.3. The molecule has 3 heterocycles. The van der Waals surface area contributed by atoms with Gasteiger partial charge in [0.15, 0.2) is 5.65 Å². The number of amides is 1. The highest BCUT2D eigenvalue weighted by molar-refractivity contribution is 7.99. The second-order valence-electron chi connectivity index (χ2n) is 6.07. The molecule has 0 atom stereocenters. The van der Waals surface area contributed by atoms with E-state index in [1.165, 1.54) is 18.2 Å². The normalized spacial score (nSPS) is 14.8. The van der Waals surface area contributed by atoms with Crippen LogP contribution in [0.15, 0.2) is 47.6 Å². The van der Waals surface area contributed by atoms with E-state index in [1.807, 2.05) is 47.4 Å². The molecular weight excluding hydrogens is 334 g/mol. The number of hydrogen-bond acceptors (Lipinski definition) is 5. The van der Waals surface area contributed by atoms with Crippen LogP contribution in [0.4, 0.5) is 0 Å². The van der Waals surface area contributed by atoms with Gasteiger partial charge in [-0.2, -0.15) is 9.61 Å². The third-order valence-electron chi connectivity index (χ3n) is 4.34. The lowest BCUT2D eigenvalue weighted by atomic mass is 10.1. The summed E-state index contributed by atoms with van der Waals surface area (Å²) in [5.41, 5.74) is 2.59. The van der Waals surface area contributed by atoms with Gasteiger partial charge in [0.25, 0.3) is 0 Å². The Morgan fingerprint density at radius 3 is 2.60 bits per heavy atom. The maximum absolute atomic E-state index is 12.3. The van der Waals surface area contributed by atoms with Crippen LogP contribution in [0.3, 0.4) is 0 Å². The average molecular weight is 353 g/mol. The van der Waals surface area contributed by atoms with Crippen molar-refractivity contribution >= 4 is 23.3 Å². The molecule has 128 valence electrons. The zero-order chi connectivity index (χ0) is 17.1. The maximum atomic E-state index is 12.3. The topological polar surface area (TPSA) is 63.4 Å².